The zero-order valence-electron chi connectivity index (χ0n) is 13.5. The van der Waals surface area contributed by atoms with Crippen molar-refractivity contribution in [3.63, 3.8) is 0 Å². The summed E-state index contributed by atoms with van der Waals surface area (Å²) >= 11 is 0. The molecule has 4 heteroatoms. The summed E-state index contributed by atoms with van der Waals surface area (Å²) in [5.74, 6) is 1.78. The van der Waals surface area contributed by atoms with Crippen LogP contribution < -0.4 is 9.47 Å². The quantitative estimate of drug-likeness (QED) is 0.771. The van der Waals surface area contributed by atoms with Crippen molar-refractivity contribution >= 4 is 0 Å². The van der Waals surface area contributed by atoms with Crippen molar-refractivity contribution in [2.45, 2.75) is 26.4 Å². The number of ether oxygens (including phenoxy) is 2. The summed E-state index contributed by atoms with van der Waals surface area (Å²) in [7, 11) is 2.18. The lowest BCUT2D eigenvalue weighted by atomic mass is 10.3. The van der Waals surface area contributed by atoms with Gasteiger partial charge in [-0.15, -0.1) is 0 Å². The highest BCUT2D eigenvalue weighted by Gasteiger charge is 2.13. The first-order chi connectivity index (χ1) is 10.2. The van der Waals surface area contributed by atoms with E-state index in [4.69, 9.17) is 9.47 Å². The molecule has 1 saturated heterocycles. The van der Waals surface area contributed by atoms with Crippen LogP contribution in [0.3, 0.4) is 0 Å². The molecule has 0 radical (unpaired) electrons. The van der Waals surface area contributed by atoms with Crippen LogP contribution in [0.5, 0.6) is 11.5 Å². The molecule has 0 unspecified atom stereocenters. The molecule has 1 heterocycles. The van der Waals surface area contributed by atoms with Crippen molar-refractivity contribution in [1.29, 1.82) is 0 Å². The maximum absolute atomic E-state index is 5.86. The number of benzene rings is 1. The fraction of sp³-hybridized carbons (Fsp3) is 0.647. The average molecular weight is 292 g/mol. The molecule has 0 aromatic heterocycles. The third kappa shape index (κ3) is 5.56. The van der Waals surface area contributed by atoms with Gasteiger partial charge in [0.15, 0.2) is 0 Å². The van der Waals surface area contributed by atoms with Gasteiger partial charge in [-0.3, -0.25) is 4.90 Å². The van der Waals surface area contributed by atoms with Crippen molar-refractivity contribution in [2.24, 2.45) is 0 Å². The molecule has 4 nitrogen and oxygen atoms in total. The smallest absolute Gasteiger partial charge is 0.123 e. The lowest BCUT2D eigenvalue weighted by molar-refractivity contribution is 0.133. The van der Waals surface area contributed by atoms with Crippen LogP contribution >= 0.6 is 0 Å². The molecule has 1 atom stereocenters. The molecular formula is C17H28N2O2. The number of hydrogen-bond acceptors (Lipinski definition) is 4. The van der Waals surface area contributed by atoms with E-state index in [0.29, 0.717) is 0 Å². The fourth-order valence-corrected chi connectivity index (χ4v) is 2.32. The Kier molecular flexibility index (Phi) is 6.33. The van der Waals surface area contributed by atoms with Gasteiger partial charge in [0.25, 0.3) is 0 Å². The highest BCUT2D eigenvalue weighted by atomic mass is 16.5. The Morgan fingerprint density at radius 3 is 2.57 bits per heavy atom. The number of hydrogen-bond donors (Lipinski definition) is 0. The fourth-order valence-electron chi connectivity index (χ4n) is 2.32. The first-order valence-corrected chi connectivity index (χ1v) is 7.98. The Morgan fingerprint density at radius 1 is 1.14 bits per heavy atom. The summed E-state index contributed by atoms with van der Waals surface area (Å²) in [6.45, 7) is 10.5. The Morgan fingerprint density at radius 2 is 1.86 bits per heavy atom. The van der Waals surface area contributed by atoms with Crippen molar-refractivity contribution in [3.05, 3.63) is 24.3 Å². The van der Waals surface area contributed by atoms with E-state index in [0.717, 1.165) is 57.3 Å². The van der Waals surface area contributed by atoms with E-state index < -0.39 is 0 Å². The Labute approximate surface area is 128 Å². The molecule has 0 amide bonds. The van der Waals surface area contributed by atoms with E-state index in [1.807, 2.05) is 24.3 Å². The third-order valence-electron chi connectivity index (χ3n) is 3.99. The van der Waals surface area contributed by atoms with E-state index in [1.165, 1.54) is 0 Å². The summed E-state index contributed by atoms with van der Waals surface area (Å²) in [5, 5.41) is 0. The van der Waals surface area contributed by atoms with Gasteiger partial charge in [0, 0.05) is 38.8 Å². The molecular weight excluding hydrogens is 264 g/mol. The average Bonchev–Trinajstić information content (AvgIpc) is 2.49. The van der Waals surface area contributed by atoms with Gasteiger partial charge in [-0.25, -0.2) is 0 Å². The van der Waals surface area contributed by atoms with Gasteiger partial charge in [0.2, 0.25) is 0 Å². The summed E-state index contributed by atoms with van der Waals surface area (Å²) in [6.07, 6.45) is 1.25. The zero-order valence-corrected chi connectivity index (χ0v) is 13.5. The van der Waals surface area contributed by atoms with Gasteiger partial charge in [0.1, 0.15) is 18.1 Å². The van der Waals surface area contributed by atoms with Crippen molar-refractivity contribution in [2.75, 3.05) is 46.4 Å². The third-order valence-corrected chi connectivity index (χ3v) is 3.99. The highest BCUT2D eigenvalue weighted by Crippen LogP contribution is 2.21. The molecule has 118 valence electrons. The number of piperazine rings is 1. The minimum Gasteiger partial charge on any atom is -0.492 e. The second kappa shape index (κ2) is 8.25. The van der Waals surface area contributed by atoms with Crippen LogP contribution in [0.4, 0.5) is 0 Å². The van der Waals surface area contributed by atoms with Crippen LogP contribution in [0.15, 0.2) is 24.3 Å². The first-order valence-electron chi connectivity index (χ1n) is 7.98. The summed E-state index contributed by atoms with van der Waals surface area (Å²) in [6, 6.07) is 7.95. The SMILES string of the molecule is CC[C@@H](C)Oc1cccc(OCCN2CCN(C)CC2)c1. The van der Waals surface area contributed by atoms with E-state index in [-0.39, 0.29) is 6.10 Å². The molecule has 0 bridgehead atoms. The van der Waals surface area contributed by atoms with Gasteiger partial charge in [-0.05, 0) is 32.5 Å². The summed E-state index contributed by atoms with van der Waals surface area (Å²) in [4.78, 5) is 4.83. The molecule has 2 rings (SSSR count). The Hall–Kier alpha value is -1.26. The van der Waals surface area contributed by atoms with Gasteiger partial charge < -0.3 is 14.4 Å². The highest BCUT2D eigenvalue weighted by molar-refractivity contribution is 5.33. The minimum atomic E-state index is 0.241. The van der Waals surface area contributed by atoms with Gasteiger partial charge >= 0.3 is 0 Å². The summed E-state index contributed by atoms with van der Waals surface area (Å²) in [5.41, 5.74) is 0. The monoisotopic (exact) mass is 292 g/mol. The van der Waals surface area contributed by atoms with Gasteiger partial charge in [-0.2, -0.15) is 0 Å². The molecule has 21 heavy (non-hydrogen) atoms. The second-order valence-corrected chi connectivity index (χ2v) is 5.80. The lowest BCUT2D eigenvalue weighted by Gasteiger charge is -2.32. The van der Waals surface area contributed by atoms with Crippen LogP contribution in [0, 0.1) is 0 Å². The number of rotatable bonds is 7. The van der Waals surface area contributed by atoms with Gasteiger partial charge in [0.05, 0.1) is 6.10 Å². The summed E-state index contributed by atoms with van der Waals surface area (Å²) < 4.78 is 11.7. The predicted molar refractivity (Wildman–Crippen MR) is 86.3 cm³/mol. The molecule has 1 aromatic rings. The maximum atomic E-state index is 5.86. The predicted octanol–water partition coefficient (Wildman–Crippen LogP) is 2.49. The minimum absolute atomic E-state index is 0.241. The molecule has 1 fully saturated rings. The Balaban J connectivity index is 1.74. The second-order valence-electron chi connectivity index (χ2n) is 5.80. The first kappa shape index (κ1) is 16.1. The van der Waals surface area contributed by atoms with Crippen LogP contribution in [-0.2, 0) is 0 Å². The molecule has 1 aromatic carbocycles. The van der Waals surface area contributed by atoms with E-state index in [1.54, 1.807) is 0 Å². The standard InChI is InChI=1S/C17H28N2O2/c1-4-15(2)21-17-7-5-6-16(14-17)20-13-12-19-10-8-18(3)9-11-19/h5-7,14-15H,4,8-13H2,1-3H3/t15-/m1/s1. The van der Waals surface area contributed by atoms with E-state index in [2.05, 4.69) is 30.7 Å². The lowest BCUT2D eigenvalue weighted by Crippen LogP contribution is -2.45. The van der Waals surface area contributed by atoms with E-state index in [9.17, 15) is 0 Å². The molecule has 1 aliphatic heterocycles. The van der Waals surface area contributed by atoms with Crippen molar-refractivity contribution < 1.29 is 9.47 Å². The zero-order chi connectivity index (χ0) is 15.1. The van der Waals surface area contributed by atoms with Crippen LogP contribution in [0.25, 0.3) is 0 Å². The van der Waals surface area contributed by atoms with Crippen LogP contribution in [-0.4, -0.2) is 62.3 Å². The number of nitrogens with zero attached hydrogens (tertiary/aromatic N) is 2. The topological polar surface area (TPSA) is 24.9 Å². The molecule has 1 aliphatic rings. The molecule has 0 N–H and O–H groups in total. The van der Waals surface area contributed by atoms with Crippen LogP contribution in [0.2, 0.25) is 0 Å². The van der Waals surface area contributed by atoms with Crippen molar-refractivity contribution in [3.8, 4) is 11.5 Å². The molecule has 0 aliphatic carbocycles. The number of likely N-dealkylation sites (N-methyl/N-ethyl adjacent to an activating group) is 1. The van der Waals surface area contributed by atoms with E-state index >= 15 is 0 Å². The largest absolute Gasteiger partial charge is 0.492 e. The molecule has 0 saturated carbocycles. The Bertz CT molecular complexity index is 417. The van der Waals surface area contributed by atoms with Crippen molar-refractivity contribution in [1.82, 2.24) is 9.80 Å². The van der Waals surface area contributed by atoms with Gasteiger partial charge in [-0.1, -0.05) is 13.0 Å². The normalized spacial score (nSPS) is 18.4. The van der Waals surface area contributed by atoms with Crippen LogP contribution in [0.1, 0.15) is 20.3 Å². The maximum Gasteiger partial charge on any atom is 0.123 e. The molecule has 0 spiro atoms.